The van der Waals surface area contributed by atoms with Crippen molar-refractivity contribution in [2.24, 2.45) is 0 Å². The van der Waals surface area contributed by atoms with E-state index >= 15 is 0 Å². The molecule has 0 atom stereocenters. The van der Waals surface area contributed by atoms with Crippen molar-refractivity contribution in [3.8, 4) is 0 Å². The van der Waals surface area contributed by atoms with E-state index in [4.69, 9.17) is 0 Å². The third-order valence-electron chi connectivity index (χ3n) is 3.54. The summed E-state index contributed by atoms with van der Waals surface area (Å²) in [6.45, 7) is 2.49. The molecule has 0 aliphatic carbocycles. The second-order valence-electron chi connectivity index (χ2n) is 5.05. The summed E-state index contributed by atoms with van der Waals surface area (Å²) in [4.78, 5) is 14.2. The van der Waals surface area contributed by atoms with Crippen LogP contribution in [0, 0.1) is 0 Å². The molecule has 3 rings (SSSR count). The van der Waals surface area contributed by atoms with E-state index in [9.17, 15) is 4.79 Å². The Hall–Kier alpha value is -1.62. The van der Waals surface area contributed by atoms with Gasteiger partial charge in [0, 0.05) is 24.8 Å². The maximum Gasteiger partial charge on any atom is 0.253 e. The third-order valence-corrected chi connectivity index (χ3v) is 3.95. The van der Waals surface area contributed by atoms with E-state index < -0.39 is 0 Å². The molecule has 1 aromatic heterocycles. The van der Waals surface area contributed by atoms with Crippen LogP contribution in [0.15, 0.2) is 41.1 Å². The lowest BCUT2D eigenvalue weighted by atomic mass is 10.1. The van der Waals surface area contributed by atoms with Crippen LogP contribution in [0.4, 0.5) is 0 Å². The summed E-state index contributed by atoms with van der Waals surface area (Å²) < 4.78 is 2.83. The highest BCUT2D eigenvalue weighted by atomic mass is 79.9. The number of amides is 1. The lowest BCUT2D eigenvalue weighted by Crippen LogP contribution is -2.27. The van der Waals surface area contributed by atoms with Crippen LogP contribution in [0.1, 0.15) is 28.8 Å². The summed E-state index contributed by atoms with van der Waals surface area (Å²) in [5.74, 6) is 0.149. The van der Waals surface area contributed by atoms with E-state index in [0.717, 1.165) is 41.5 Å². The standard InChI is InChI=1S/C15H16BrN3O/c16-14-9-17-19(11-14)10-12-3-5-13(6-4-12)15(20)18-7-1-2-8-18/h3-6,9,11H,1-2,7-8,10H2. The van der Waals surface area contributed by atoms with Crippen molar-refractivity contribution in [3.63, 3.8) is 0 Å². The van der Waals surface area contributed by atoms with Crippen LogP contribution in [0.3, 0.4) is 0 Å². The number of benzene rings is 1. The monoisotopic (exact) mass is 333 g/mol. The predicted octanol–water partition coefficient (Wildman–Crippen LogP) is 2.93. The van der Waals surface area contributed by atoms with Gasteiger partial charge in [0.15, 0.2) is 0 Å². The average Bonchev–Trinajstić information content (AvgIpc) is 3.11. The van der Waals surface area contributed by atoms with E-state index in [2.05, 4.69) is 21.0 Å². The maximum absolute atomic E-state index is 12.2. The summed E-state index contributed by atoms with van der Waals surface area (Å²) in [7, 11) is 0. The number of rotatable bonds is 3. The molecule has 2 aromatic rings. The van der Waals surface area contributed by atoms with E-state index in [1.807, 2.05) is 40.0 Å². The van der Waals surface area contributed by atoms with Gasteiger partial charge in [-0.05, 0) is 46.5 Å². The van der Waals surface area contributed by atoms with Gasteiger partial charge in [-0.2, -0.15) is 5.10 Å². The minimum absolute atomic E-state index is 0.149. The lowest BCUT2D eigenvalue weighted by Gasteiger charge is -2.15. The highest BCUT2D eigenvalue weighted by Crippen LogP contribution is 2.14. The Bertz CT molecular complexity index is 600. The Kier molecular flexibility index (Phi) is 3.87. The van der Waals surface area contributed by atoms with E-state index in [0.29, 0.717) is 6.54 Å². The maximum atomic E-state index is 12.2. The van der Waals surface area contributed by atoms with Crippen molar-refractivity contribution >= 4 is 21.8 Å². The van der Waals surface area contributed by atoms with E-state index in [1.165, 1.54) is 0 Å². The first-order valence-electron chi connectivity index (χ1n) is 6.78. The van der Waals surface area contributed by atoms with Gasteiger partial charge in [0.05, 0.1) is 17.2 Å². The van der Waals surface area contributed by atoms with Gasteiger partial charge in [-0.15, -0.1) is 0 Å². The number of hydrogen-bond donors (Lipinski definition) is 0. The summed E-state index contributed by atoms with van der Waals surface area (Å²) in [5.41, 5.74) is 1.91. The van der Waals surface area contributed by atoms with Crippen LogP contribution in [0.25, 0.3) is 0 Å². The van der Waals surface area contributed by atoms with Crippen molar-refractivity contribution < 1.29 is 4.79 Å². The number of halogens is 1. The molecule has 1 aliphatic rings. The zero-order valence-corrected chi connectivity index (χ0v) is 12.7. The Morgan fingerprint density at radius 3 is 2.50 bits per heavy atom. The largest absolute Gasteiger partial charge is 0.339 e. The Balaban J connectivity index is 1.69. The Morgan fingerprint density at radius 1 is 1.20 bits per heavy atom. The van der Waals surface area contributed by atoms with Gasteiger partial charge in [0.25, 0.3) is 5.91 Å². The molecule has 0 N–H and O–H groups in total. The molecular weight excluding hydrogens is 318 g/mol. The summed E-state index contributed by atoms with van der Waals surface area (Å²) >= 11 is 3.38. The zero-order valence-electron chi connectivity index (χ0n) is 11.1. The smallest absolute Gasteiger partial charge is 0.253 e. The summed E-state index contributed by atoms with van der Waals surface area (Å²) in [6.07, 6.45) is 5.95. The first-order valence-corrected chi connectivity index (χ1v) is 7.58. The van der Waals surface area contributed by atoms with Gasteiger partial charge in [-0.25, -0.2) is 0 Å². The quantitative estimate of drug-likeness (QED) is 0.866. The molecule has 1 fully saturated rings. The molecule has 0 bridgehead atoms. The predicted molar refractivity (Wildman–Crippen MR) is 80.6 cm³/mol. The fourth-order valence-electron chi connectivity index (χ4n) is 2.47. The topological polar surface area (TPSA) is 38.1 Å². The molecule has 1 aliphatic heterocycles. The molecule has 4 nitrogen and oxygen atoms in total. The molecule has 2 heterocycles. The van der Waals surface area contributed by atoms with Gasteiger partial charge in [-0.3, -0.25) is 9.48 Å². The molecule has 5 heteroatoms. The highest BCUT2D eigenvalue weighted by Gasteiger charge is 2.19. The fourth-order valence-corrected chi connectivity index (χ4v) is 2.80. The summed E-state index contributed by atoms with van der Waals surface area (Å²) in [5, 5.41) is 4.23. The molecule has 20 heavy (non-hydrogen) atoms. The molecular formula is C15H16BrN3O. The van der Waals surface area contributed by atoms with Crippen molar-refractivity contribution in [2.75, 3.05) is 13.1 Å². The molecule has 0 unspecified atom stereocenters. The second kappa shape index (κ2) is 5.79. The lowest BCUT2D eigenvalue weighted by molar-refractivity contribution is 0.0793. The highest BCUT2D eigenvalue weighted by molar-refractivity contribution is 9.10. The number of carbonyl (C=O) groups is 1. The number of hydrogen-bond acceptors (Lipinski definition) is 2. The Labute approximate surface area is 126 Å². The molecule has 1 aromatic carbocycles. The van der Waals surface area contributed by atoms with Gasteiger partial charge >= 0.3 is 0 Å². The van der Waals surface area contributed by atoms with Crippen molar-refractivity contribution in [1.82, 2.24) is 14.7 Å². The van der Waals surface area contributed by atoms with Crippen molar-refractivity contribution in [2.45, 2.75) is 19.4 Å². The van der Waals surface area contributed by atoms with Gasteiger partial charge in [0.1, 0.15) is 0 Å². The molecule has 104 valence electrons. The van der Waals surface area contributed by atoms with Crippen LogP contribution >= 0.6 is 15.9 Å². The fraction of sp³-hybridized carbons (Fsp3) is 0.333. The van der Waals surface area contributed by atoms with Crippen LogP contribution in [0.5, 0.6) is 0 Å². The first-order chi connectivity index (χ1) is 9.72. The van der Waals surface area contributed by atoms with E-state index in [1.54, 1.807) is 6.20 Å². The van der Waals surface area contributed by atoms with Crippen molar-refractivity contribution in [3.05, 3.63) is 52.3 Å². The Morgan fingerprint density at radius 2 is 1.90 bits per heavy atom. The van der Waals surface area contributed by atoms with Gasteiger partial charge in [0.2, 0.25) is 0 Å². The second-order valence-corrected chi connectivity index (χ2v) is 5.97. The molecule has 1 saturated heterocycles. The third kappa shape index (κ3) is 2.93. The summed E-state index contributed by atoms with van der Waals surface area (Å²) in [6, 6.07) is 7.82. The first kappa shape index (κ1) is 13.4. The van der Waals surface area contributed by atoms with Gasteiger partial charge < -0.3 is 4.90 Å². The van der Waals surface area contributed by atoms with Crippen molar-refractivity contribution in [1.29, 1.82) is 0 Å². The van der Waals surface area contributed by atoms with Crippen LogP contribution in [0.2, 0.25) is 0 Å². The zero-order chi connectivity index (χ0) is 13.9. The van der Waals surface area contributed by atoms with Crippen LogP contribution < -0.4 is 0 Å². The van der Waals surface area contributed by atoms with E-state index in [-0.39, 0.29) is 5.91 Å². The number of likely N-dealkylation sites (tertiary alicyclic amines) is 1. The number of nitrogens with zero attached hydrogens (tertiary/aromatic N) is 3. The van der Waals surface area contributed by atoms with Crippen LogP contribution in [-0.2, 0) is 6.54 Å². The SMILES string of the molecule is O=C(c1ccc(Cn2cc(Br)cn2)cc1)N1CCCC1. The van der Waals surface area contributed by atoms with Gasteiger partial charge in [-0.1, -0.05) is 12.1 Å². The number of carbonyl (C=O) groups excluding carboxylic acids is 1. The normalized spacial score (nSPS) is 14.8. The number of aromatic nitrogens is 2. The minimum Gasteiger partial charge on any atom is -0.339 e. The molecule has 0 spiro atoms. The molecule has 0 radical (unpaired) electrons. The molecule has 1 amide bonds. The van der Waals surface area contributed by atoms with Crippen LogP contribution in [-0.4, -0.2) is 33.7 Å². The minimum atomic E-state index is 0.149. The molecule has 0 saturated carbocycles. The average molecular weight is 334 g/mol.